The predicted molar refractivity (Wildman–Crippen MR) is 540 cm³/mol. The van der Waals surface area contributed by atoms with E-state index >= 15 is 0 Å². The third kappa shape index (κ3) is 30.6. The summed E-state index contributed by atoms with van der Waals surface area (Å²) in [6, 6.07) is 61.5. The normalized spacial score (nSPS) is 10.1. The van der Waals surface area contributed by atoms with E-state index < -0.39 is 0 Å². The molecule has 0 aliphatic heterocycles. The molecule has 0 aliphatic rings. The summed E-state index contributed by atoms with van der Waals surface area (Å²) in [6.07, 6.45) is 25.1. The quantitative estimate of drug-likeness (QED) is 0.0778. The van der Waals surface area contributed by atoms with Gasteiger partial charge < -0.3 is 80.2 Å². The van der Waals surface area contributed by atoms with Crippen LogP contribution in [-0.2, 0) is 78.6 Å². The number of nitrogens with zero attached hydrogens (tertiary/aromatic N) is 24. The zero-order chi connectivity index (χ0) is 102. The van der Waals surface area contributed by atoms with Gasteiger partial charge in [-0.2, -0.15) is 0 Å². The molecule has 0 saturated carbocycles. The first kappa shape index (κ1) is 111. The van der Waals surface area contributed by atoms with Crippen molar-refractivity contribution in [1.82, 2.24) is 120 Å². The van der Waals surface area contributed by atoms with Crippen LogP contribution in [0.25, 0.3) is 132 Å². The molecule has 12 aromatic carbocycles. The maximum Gasteiger partial charge on any atom is 0.232 e. The number of hydrogen-bond acceptors (Lipinski definition) is 40. The second-order valence-electron chi connectivity index (χ2n) is 29.7. The molecule has 0 saturated heterocycles. The van der Waals surface area contributed by atoms with E-state index in [1.54, 1.807) is 244 Å². The Labute approximate surface area is 892 Å². The Morgan fingerprint density at radius 2 is 0.272 bits per heavy atom. The molecular formula is C104H88N24O16Zr3. The Hall–Kier alpha value is -17.8. The van der Waals surface area contributed by atoms with E-state index in [1.807, 2.05) is 76.2 Å². The average molecular weight is 2200 g/mol. The van der Waals surface area contributed by atoms with Crippen LogP contribution in [0.1, 0.15) is 22.8 Å². The number of aromatic hydroxyl groups is 12. The van der Waals surface area contributed by atoms with Crippen LogP contribution < -0.4 is 18.9 Å². The Morgan fingerprint density at radius 1 is 0.150 bits per heavy atom. The molecule has 0 atom stereocenters. The van der Waals surface area contributed by atoms with Gasteiger partial charge in [0.15, 0.2) is 0 Å². The molecule has 0 amide bonds. The van der Waals surface area contributed by atoms with Gasteiger partial charge in [-0.3, -0.25) is 19.9 Å². The number of para-hydroxylation sites is 12. The van der Waals surface area contributed by atoms with Crippen LogP contribution in [0.4, 0.5) is 0 Å². The van der Waals surface area contributed by atoms with Gasteiger partial charge in [-0.25, -0.2) is 99.7 Å². The van der Waals surface area contributed by atoms with Gasteiger partial charge in [-0.15, -0.1) is 0 Å². The van der Waals surface area contributed by atoms with Crippen molar-refractivity contribution in [3.05, 3.63) is 340 Å². The van der Waals surface area contributed by atoms with Crippen molar-refractivity contribution in [1.29, 1.82) is 0 Å². The molecule has 24 rings (SSSR count). The molecule has 0 bridgehead atoms. The number of methoxy groups -OCH3 is 4. The van der Waals surface area contributed by atoms with Crippen molar-refractivity contribution in [3.63, 3.8) is 0 Å². The van der Waals surface area contributed by atoms with E-state index in [4.69, 9.17) is 18.9 Å². The van der Waals surface area contributed by atoms with Gasteiger partial charge in [0, 0.05) is 153 Å². The van der Waals surface area contributed by atoms with Gasteiger partial charge in [0.25, 0.3) is 0 Å². The van der Waals surface area contributed by atoms with Gasteiger partial charge in [0.2, 0.25) is 23.5 Å². The van der Waals surface area contributed by atoms with Gasteiger partial charge in [0.05, 0.1) is 142 Å². The van der Waals surface area contributed by atoms with Crippen molar-refractivity contribution in [2.45, 2.75) is 27.7 Å². The molecule has 0 spiro atoms. The molecule has 732 valence electrons. The van der Waals surface area contributed by atoms with Gasteiger partial charge in [0.1, 0.15) is 135 Å². The molecule has 0 fully saturated rings. The fraction of sp³-hybridized carbons (Fsp3) is 0.0769. The summed E-state index contributed by atoms with van der Waals surface area (Å²) in [4.78, 5) is 97.6. The van der Waals surface area contributed by atoms with Crippen LogP contribution in [0.3, 0.4) is 0 Å². The first-order chi connectivity index (χ1) is 69.8. The minimum Gasteiger partial charge on any atom is -0.506 e. The Balaban J connectivity index is 0.000000164. The molecular weight excluding hydrogens is 2110 g/mol. The van der Waals surface area contributed by atoms with E-state index in [9.17, 15) is 61.3 Å². The fourth-order valence-electron chi connectivity index (χ4n) is 12.8. The molecule has 40 nitrogen and oxygen atoms in total. The molecule has 12 heterocycles. The maximum atomic E-state index is 9.39. The minimum absolute atomic E-state index is 0. The van der Waals surface area contributed by atoms with Crippen molar-refractivity contribution in [3.8, 4) is 92.5 Å². The van der Waals surface area contributed by atoms with Gasteiger partial charge in [-0.1, -0.05) is 72.8 Å². The van der Waals surface area contributed by atoms with Crippen LogP contribution in [0.2, 0.25) is 0 Å². The Bertz CT molecular complexity index is 7560. The molecule has 43 heteroatoms. The maximum absolute atomic E-state index is 9.39. The number of hydrogen-bond donors (Lipinski definition) is 12. The molecule has 24 aromatic rings. The summed E-state index contributed by atoms with van der Waals surface area (Å²) in [6.45, 7) is 7.49. The number of aromatic nitrogens is 24. The summed E-state index contributed by atoms with van der Waals surface area (Å²) in [5, 5.41) is 112. The molecule has 0 unspecified atom stereocenters. The number of ether oxygens (including phenoxy) is 4. The number of benzene rings is 12. The Morgan fingerprint density at radius 3 is 0.415 bits per heavy atom. The summed E-state index contributed by atoms with van der Waals surface area (Å²) in [7, 11) is 6.11. The number of fused-ring (bicyclic) bond motifs is 12. The summed E-state index contributed by atoms with van der Waals surface area (Å²) in [5.74, 6) is 3.73. The smallest absolute Gasteiger partial charge is 0.232 e. The monoisotopic (exact) mass is 2200 g/mol. The number of phenolic OH excluding ortho intramolecular Hbond substituents is 12. The first-order valence-corrected chi connectivity index (χ1v) is 43.0. The zero-order valence-electron chi connectivity index (χ0n) is 79.3. The van der Waals surface area contributed by atoms with E-state index in [2.05, 4.69) is 120 Å². The topological polar surface area (TPSA) is 589 Å². The number of rotatable bonds is 4. The average Bonchev–Trinajstić information content (AvgIpc) is 0.826. The van der Waals surface area contributed by atoms with E-state index in [-0.39, 0.29) is 148 Å². The number of phenols is 12. The molecule has 0 radical (unpaired) electrons. The number of aryl methyl sites for hydroxylation is 4. The van der Waals surface area contributed by atoms with Gasteiger partial charge in [-0.05, 0) is 173 Å². The van der Waals surface area contributed by atoms with Crippen molar-refractivity contribution < 1.29 is 159 Å². The largest absolute Gasteiger partial charge is 0.506 e. The Kier molecular flexibility index (Phi) is 41.6. The van der Waals surface area contributed by atoms with Crippen molar-refractivity contribution in [2.24, 2.45) is 0 Å². The van der Waals surface area contributed by atoms with Gasteiger partial charge >= 0.3 is 0 Å². The van der Waals surface area contributed by atoms with E-state index in [1.165, 1.54) is 53.2 Å². The minimum atomic E-state index is 0. The van der Waals surface area contributed by atoms with Crippen molar-refractivity contribution >= 4 is 132 Å². The van der Waals surface area contributed by atoms with Crippen LogP contribution >= 0.6 is 0 Å². The predicted octanol–water partition coefficient (Wildman–Crippen LogP) is 17.3. The second-order valence-corrected chi connectivity index (χ2v) is 29.7. The zero-order valence-corrected chi connectivity index (χ0v) is 86.6. The summed E-state index contributed by atoms with van der Waals surface area (Å²) in [5.41, 5.74) is 18.1. The summed E-state index contributed by atoms with van der Waals surface area (Å²) >= 11 is 0. The second kappa shape index (κ2) is 55.0. The van der Waals surface area contributed by atoms with Crippen LogP contribution in [-0.4, -0.2) is 209 Å². The van der Waals surface area contributed by atoms with E-state index in [0.717, 1.165) is 44.8 Å². The van der Waals surface area contributed by atoms with Crippen LogP contribution in [0.15, 0.2) is 318 Å². The SMILES string of the molecule is COc1cnc2c(O)cccc2n1.COc1cnc2c(O)cccc2n1.COc1cnc2c(O)cccc2n1.COc1cnc2c(O)cccc2n1.Cc1cnc2c(O)cccc2n1.Cc1cnc2c(O)cccc2n1.Cc1cnc2c(O)cccc2n1.Cc1cnc2c(O)cccc2n1.Oc1cccc2nccnc12.Oc1cccc2nccnc12.Oc1cccc2nccnc12.Oc1cccc2nccnc12.[Zr].[Zr].[Zr]. The molecule has 0 aliphatic carbocycles. The third-order valence-electron chi connectivity index (χ3n) is 19.5. The van der Waals surface area contributed by atoms with E-state index in [0.29, 0.717) is 134 Å². The van der Waals surface area contributed by atoms with Crippen LogP contribution in [0.5, 0.6) is 92.5 Å². The summed E-state index contributed by atoms with van der Waals surface area (Å²) < 4.78 is 19.6. The molecule has 12 aromatic heterocycles. The fourth-order valence-corrected chi connectivity index (χ4v) is 12.8. The molecule has 147 heavy (non-hydrogen) atoms. The first-order valence-electron chi connectivity index (χ1n) is 43.0. The van der Waals surface area contributed by atoms with Crippen molar-refractivity contribution in [2.75, 3.05) is 28.4 Å². The molecule has 12 N–H and O–H groups in total. The third-order valence-corrected chi connectivity index (χ3v) is 19.5. The standard InChI is InChI=1S/4C9H8N2O2.4C9H8N2O.4C8H6N2O.3Zr/c4*1-13-8-5-10-9-6(11-8)3-2-4-7(9)12;4*1-6-5-10-9-7(11-6)3-2-4-8(9)12;4*11-7-3-1-2-6-8(7)10-5-4-9-6;;;/h4*2-5,12H,1H3;4*2-5,12H,1H3;4*1-5,11H;;;. The van der Waals surface area contributed by atoms with Crippen LogP contribution in [0, 0.1) is 27.7 Å².